The Labute approximate surface area is 180 Å². The zero-order chi connectivity index (χ0) is 22.0. The van der Waals surface area contributed by atoms with Crippen LogP contribution in [0.5, 0.6) is 0 Å². The number of nitrogens with one attached hydrogen (secondary N) is 1. The van der Waals surface area contributed by atoms with Gasteiger partial charge in [0, 0.05) is 56.6 Å². The van der Waals surface area contributed by atoms with Crippen LogP contribution in [-0.2, 0) is 0 Å². The first-order valence-corrected chi connectivity index (χ1v) is 10.7. The van der Waals surface area contributed by atoms with Crippen molar-refractivity contribution in [2.24, 2.45) is 0 Å². The maximum absolute atomic E-state index is 14.4. The number of halogens is 1. The lowest BCUT2D eigenvalue weighted by atomic mass is 10.1. The highest BCUT2D eigenvalue weighted by Crippen LogP contribution is 2.22. The minimum absolute atomic E-state index is 0.0397. The molecule has 2 aromatic rings. The van der Waals surface area contributed by atoms with Gasteiger partial charge in [0.15, 0.2) is 11.6 Å². The van der Waals surface area contributed by atoms with Crippen LogP contribution in [-0.4, -0.2) is 78.1 Å². The summed E-state index contributed by atoms with van der Waals surface area (Å²) in [6.45, 7) is 5.65. The third kappa shape index (κ3) is 4.69. The molecule has 1 amide bonds. The first-order chi connectivity index (χ1) is 14.9. The van der Waals surface area contributed by atoms with Crippen molar-refractivity contribution in [1.29, 1.82) is 0 Å². The first kappa shape index (κ1) is 21.2. The highest BCUT2D eigenvalue weighted by atomic mass is 19.1. The van der Waals surface area contributed by atoms with Crippen molar-refractivity contribution in [3.05, 3.63) is 53.1 Å². The van der Waals surface area contributed by atoms with Crippen molar-refractivity contribution in [2.45, 2.75) is 19.8 Å². The SMILES string of the molecule is CC(=O)c1ccc(N2CCN(CC(=O)c3c[nH]c(C(=O)N4CCCC4)c3)CC2)c(F)c1. The van der Waals surface area contributed by atoms with E-state index in [4.69, 9.17) is 0 Å². The Hall–Kier alpha value is -3.00. The van der Waals surface area contributed by atoms with E-state index in [0.717, 1.165) is 25.9 Å². The third-order valence-corrected chi connectivity index (χ3v) is 6.06. The summed E-state index contributed by atoms with van der Waals surface area (Å²) in [6.07, 6.45) is 3.65. The first-order valence-electron chi connectivity index (χ1n) is 10.7. The zero-order valence-corrected chi connectivity index (χ0v) is 17.7. The number of piperazine rings is 1. The van der Waals surface area contributed by atoms with Crippen LogP contribution in [0.3, 0.4) is 0 Å². The summed E-state index contributed by atoms with van der Waals surface area (Å²) < 4.78 is 14.4. The van der Waals surface area contributed by atoms with Gasteiger partial charge >= 0.3 is 0 Å². The van der Waals surface area contributed by atoms with Gasteiger partial charge in [0.2, 0.25) is 0 Å². The number of benzene rings is 1. The molecule has 1 aromatic heterocycles. The van der Waals surface area contributed by atoms with E-state index in [2.05, 4.69) is 4.98 Å². The van der Waals surface area contributed by atoms with E-state index in [1.54, 1.807) is 29.3 Å². The molecule has 31 heavy (non-hydrogen) atoms. The predicted octanol–water partition coefficient (Wildman–Crippen LogP) is 2.60. The van der Waals surface area contributed by atoms with E-state index >= 15 is 0 Å². The van der Waals surface area contributed by atoms with Gasteiger partial charge < -0.3 is 14.8 Å². The quantitative estimate of drug-likeness (QED) is 0.719. The van der Waals surface area contributed by atoms with Gasteiger partial charge in [0.1, 0.15) is 11.5 Å². The Morgan fingerprint density at radius 1 is 0.968 bits per heavy atom. The van der Waals surface area contributed by atoms with Crippen LogP contribution in [0.15, 0.2) is 30.5 Å². The number of anilines is 1. The summed E-state index contributed by atoms with van der Waals surface area (Å²) in [5.74, 6) is -0.659. The molecule has 3 heterocycles. The number of ketones is 2. The van der Waals surface area contributed by atoms with Crippen molar-refractivity contribution < 1.29 is 18.8 Å². The fourth-order valence-corrected chi connectivity index (χ4v) is 4.19. The minimum Gasteiger partial charge on any atom is -0.367 e. The Kier molecular flexibility index (Phi) is 6.18. The van der Waals surface area contributed by atoms with Gasteiger partial charge in [0.25, 0.3) is 5.91 Å². The molecule has 1 N–H and O–H groups in total. The number of Topliss-reactive ketones (excluding diaryl/α,β-unsaturated/α-hetero) is 2. The van der Waals surface area contributed by atoms with Crippen LogP contribution in [0.2, 0.25) is 0 Å². The topological polar surface area (TPSA) is 76.7 Å². The van der Waals surface area contributed by atoms with Crippen molar-refractivity contribution in [3.8, 4) is 0 Å². The van der Waals surface area contributed by atoms with Crippen LogP contribution in [0.4, 0.5) is 10.1 Å². The normalized spacial score (nSPS) is 17.2. The number of aromatic nitrogens is 1. The fraction of sp³-hybridized carbons (Fsp3) is 0.435. The summed E-state index contributed by atoms with van der Waals surface area (Å²) in [5.41, 5.74) is 1.81. The highest BCUT2D eigenvalue weighted by Gasteiger charge is 2.24. The molecule has 2 saturated heterocycles. The lowest BCUT2D eigenvalue weighted by Crippen LogP contribution is -2.48. The van der Waals surface area contributed by atoms with E-state index in [9.17, 15) is 18.8 Å². The van der Waals surface area contributed by atoms with Gasteiger partial charge in [-0.2, -0.15) is 0 Å². The maximum Gasteiger partial charge on any atom is 0.270 e. The second-order valence-electron chi connectivity index (χ2n) is 8.21. The molecule has 0 bridgehead atoms. The molecule has 0 unspecified atom stereocenters. The summed E-state index contributed by atoms with van der Waals surface area (Å²) in [4.78, 5) is 45.3. The molecule has 7 nitrogen and oxygen atoms in total. The lowest BCUT2D eigenvalue weighted by molar-refractivity contribution is 0.0787. The molecule has 0 spiro atoms. The highest BCUT2D eigenvalue weighted by molar-refractivity contribution is 6.01. The number of hydrogen-bond donors (Lipinski definition) is 1. The number of aromatic amines is 1. The molecule has 1 aromatic carbocycles. The van der Waals surface area contributed by atoms with Crippen LogP contribution in [0.25, 0.3) is 0 Å². The Balaban J connectivity index is 1.31. The zero-order valence-electron chi connectivity index (χ0n) is 17.7. The number of carbonyl (C=O) groups excluding carboxylic acids is 3. The van der Waals surface area contributed by atoms with Crippen LogP contribution >= 0.6 is 0 Å². The lowest BCUT2D eigenvalue weighted by Gasteiger charge is -2.35. The summed E-state index contributed by atoms with van der Waals surface area (Å²) >= 11 is 0. The van der Waals surface area contributed by atoms with Gasteiger partial charge in [-0.3, -0.25) is 19.3 Å². The van der Waals surface area contributed by atoms with E-state index in [0.29, 0.717) is 48.7 Å². The van der Waals surface area contributed by atoms with E-state index < -0.39 is 5.82 Å². The van der Waals surface area contributed by atoms with Crippen molar-refractivity contribution >= 4 is 23.2 Å². The molecule has 8 heteroatoms. The number of carbonyl (C=O) groups is 3. The smallest absolute Gasteiger partial charge is 0.270 e. The Bertz CT molecular complexity index is 988. The number of H-pyrrole nitrogens is 1. The molecule has 0 saturated carbocycles. The molecule has 164 valence electrons. The minimum atomic E-state index is -0.403. The van der Waals surface area contributed by atoms with Gasteiger partial charge in [0.05, 0.1) is 12.2 Å². The Morgan fingerprint density at radius 2 is 1.68 bits per heavy atom. The number of hydrogen-bond acceptors (Lipinski definition) is 5. The molecule has 0 atom stereocenters. The van der Waals surface area contributed by atoms with Crippen LogP contribution in [0, 0.1) is 5.82 Å². The van der Waals surface area contributed by atoms with Gasteiger partial charge in [-0.1, -0.05) is 0 Å². The average Bonchev–Trinajstić information content (AvgIpc) is 3.46. The standard InChI is InChI=1S/C23H27FN4O3/c1-16(29)17-4-5-21(19(24)12-17)27-10-8-26(9-11-27)15-22(30)18-13-20(25-14-18)23(31)28-6-2-3-7-28/h4-5,12-14,25H,2-3,6-11,15H2,1H3. The maximum atomic E-state index is 14.4. The van der Waals surface area contributed by atoms with E-state index in [1.807, 2.05) is 9.80 Å². The Morgan fingerprint density at radius 3 is 2.32 bits per heavy atom. The molecule has 0 aliphatic carbocycles. The summed E-state index contributed by atoms with van der Waals surface area (Å²) in [6, 6.07) is 6.21. The average molecular weight is 426 g/mol. The predicted molar refractivity (Wildman–Crippen MR) is 115 cm³/mol. The second kappa shape index (κ2) is 9.01. The monoisotopic (exact) mass is 426 g/mol. The van der Waals surface area contributed by atoms with Gasteiger partial charge in [-0.05, 0) is 44.0 Å². The second-order valence-corrected chi connectivity index (χ2v) is 8.21. The molecular formula is C23H27FN4O3. The van der Waals surface area contributed by atoms with Crippen LogP contribution in [0.1, 0.15) is 51.0 Å². The molecule has 2 aliphatic rings. The molecule has 2 aliphatic heterocycles. The van der Waals surface area contributed by atoms with Gasteiger partial charge in [-0.15, -0.1) is 0 Å². The molecule has 2 fully saturated rings. The summed E-state index contributed by atoms with van der Waals surface area (Å²) in [7, 11) is 0. The van der Waals surface area contributed by atoms with Gasteiger partial charge in [-0.25, -0.2) is 4.39 Å². The molecule has 0 radical (unpaired) electrons. The van der Waals surface area contributed by atoms with E-state index in [1.165, 1.54) is 13.0 Å². The van der Waals surface area contributed by atoms with E-state index in [-0.39, 0.29) is 24.0 Å². The number of amides is 1. The van der Waals surface area contributed by atoms with Crippen molar-refractivity contribution in [2.75, 3.05) is 50.7 Å². The number of rotatable bonds is 6. The molecule has 4 rings (SSSR count). The summed E-state index contributed by atoms with van der Waals surface area (Å²) in [5, 5.41) is 0. The number of likely N-dealkylation sites (tertiary alicyclic amines) is 1. The number of nitrogens with zero attached hydrogens (tertiary/aromatic N) is 3. The largest absolute Gasteiger partial charge is 0.367 e. The van der Waals surface area contributed by atoms with Crippen molar-refractivity contribution in [1.82, 2.24) is 14.8 Å². The third-order valence-electron chi connectivity index (χ3n) is 6.06. The van der Waals surface area contributed by atoms with Crippen molar-refractivity contribution in [3.63, 3.8) is 0 Å². The fourth-order valence-electron chi connectivity index (χ4n) is 4.19. The van der Waals surface area contributed by atoms with Crippen LogP contribution < -0.4 is 4.90 Å². The molecular weight excluding hydrogens is 399 g/mol.